The first kappa shape index (κ1) is 20.3. The van der Waals surface area contributed by atoms with Gasteiger partial charge in [0, 0.05) is 4.88 Å². The Labute approximate surface area is 167 Å². The van der Waals surface area contributed by atoms with Gasteiger partial charge < -0.3 is 15.4 Å². The number of ether oxygens (including phenoxy) is 1. The van der Waals surface area contributed by atoms with E-state index in [1.54, 1.807) is 6.92 Å². The summed E-state index contributed by atoms with van der Waals surface area (Å²) in [5.41, 5.74) is 0.269. The summed E-state index contributed by atoms with van der Waals surface area (Å²) < 4.78 is 5.11. The monoisotopic (exact) mass is 407 g/mol. The van der Waals surface area contributed by atoms with E-state index in [0.29, 0.717) is 29.8 Å². The summed E-state index contributed by atoms with van der Waals surface area (Å²) in [5.74, 6) is -1.36. The molecule has 0 aromatic carbocycles. The maximum atomic E-state index is 12.7. The van der Waals surface area contributed by atoms with Gasteiger partial charge in [-0.1, -0.05) is 19.8 Å². The molecule has 0 atom stereocenters. The topological polar surface area (TPSA) is 105 Å². The summed E-state index contributed by atoms with van der Waals surface area (Å²) in [6.07, 6.45) is 3.68. The van der Waals surface area contributed by atoms with Gasteiger partial charge in [0.25, 0.3) is 5.91 Å². The summed E-state index contributed by atoms with van der Waals surface area (Å²) in [7, 11) is 0. The van der Waals surface area contributed by atoms with Crippen molar-refractivity contribution in [2.75, 3.05) is 18.5 Å². The van der Waals surface area contributed by atoms with E-state index < -0.39 is 23.4 Å². The van der Waals surface area contributed by atoms with Crippen molar-refractivity contribution in [2.45, 2.75) is 58.4 Å². The first-order valence-electron chi connectivity index (χ1n) is 9.56. The number of carbonyl (C=O) groups excluding carboxylic acids is 4. The van der Waals surface area contributed by atoms with Crippen LogP contribution >= 0.6 is 11.3 Å². The Balaban J connectivity index is 1.76. The number of anilines is 1. The molecule has 3 rings (SSSR count). The molecule has 0 bridgehead atoms. The molecule has 1 aromatic rings. The van der Waals surface area contributed by atoms with E-state index in [0.717, 1.165) is 28.2 Å². The van der Waals surface area contributed by atoms with Gasteiger partial charge in [0.1, 0.15) is 17.1 Å². The minimum absolute atomic E-state index is 0.230. The minimum Gasteiger partial charge on any atom is -0.462 e. The van der Waals surface area contributed by atoms with E-state index in [1.807, 2.05) is 13.8 Å². The lowest BCUT2D eigenvalue weighted by atomic mass is 9.98. The number of amides is 4. The zero-order valence-corrected chi connectivity index (χ0v) is 17.2. The number of esters is 1. The third-order valence-electron chi connectivity index (χ3n) is 5.30. The van der Waals surface area contributed by atoms with Gasteiger partial charge in [-0.2, -0.15) is 0 Å². The molecule has 2 fully saturated rings. The molecule has 2 aliphatic rings. The van der Waals surface area contributed by atoms with Crippen molar-refractivity contribution in [3.8, 4) is 0 Å². The molecule has 152 valence electrons. The van der Waals surface area contributed by atoms with Crippen LogP contribution in [-0.4, -0.2) is 47.4 Å². The second kappa shape index (κ2) is 7.90. The lowest BCUT2D eigenvalue weighted by Crippen LogP contribution is -2.44. The number of rotatable bonds is 6. The van der Waals surface area contributed by atoms with Crippen LogP contribution in [0.15, 0.2) is 0 Å². The molecule has 1 aliphatic carbocycles. The number of carbonyl (C=O) groups is 4. The average Bonchev–Trinajstić information content (AvgIpc) is 3.29. The second-order valence-electron chi connectivity index (χ2n) is 7.09. The van der Waals surface area contributed by atoms with E-state index in [1.165, 1.54) is 11.3 Å². The van der Waals surface area contributed by atoms with Gasteiger partial charge >= 0.3 is 12.0 Å². The predicted octanol–water partition coefficient (Wildman–Crippen LogP) is 2.60. The molecule has 1 saturated heterocycles. The van der Waals surface area contributed by atoms with Gasteiger partial charge in [0.05, 0.1) is 12.2 Å². The van der Waals surface area contributed by atoms with Crippen molar-refractivity contribution in [3.63, 3.8) is 0 Å². The highest BCUT2D eigenvalue weighted by atomic mass is 32.1. The van der Waals surface area contributed by atoms with Crippen molar-refractivity contribution in [1.82, 2.24) is 10.2 Å². The number of aryl methyl sites for hydroxylation is 1. The van der Waals surface area contributed by atoms with E-state index in [-0.39, 0.29) is 19.1 Å². The van der Waals surface area contributed by atoms with Crippen LogP contribution in [0.1, 0.15) is 60.3 Å². The maximum absolute atomic E-state index is 12.7. The van der Waals surface area contributed by atoms with Crippen LogP contribution in [0.2, 0.25) is 0 Å². The van der Waals surface area contributed by atoms with Crippen LogP contribution < -0.4 is 10.6 Å². The molecule has 2 N–H and O–H groups in total. The van der Waals surface area contributed by atoms with Gasteiger partial charge in [0.2, 0.25) is 5.91 Å². The predicted molar refractivity (Wildman–Crippen MR) is 104 cm³/mol. The zero-order chi connectivity index (χ0) is 20.5. The number of nitrogens with one attached hydrogen (secondary N) is 2. The molecule has 1 aliphatic heterocycles. The Morgan fingerprint density at radius 3 is 2.54 bits per heavy atom. The fourth-order valence-electron chi connectivity index (χ4n) is 3.88. The third-order valence-corrected chi connectivity index (χ3v) is 6.66. The molecular formula is C19H25N3O5S. The lowest BCUT2D eigenvalue weighted by Gasteiger charge is -2.19. The molecule has 1 aromatic heterocycles. The van der Waals surface area contributed by atoms with E-state index in [2.05, 4.69) is 10.6 Å². The van der Waals surface area contributed by atoms with Gasteiger partial charge in [-0.15, -0.1) is 11.3 Å². The molecular weight excluding hydrogens is 382 g/mol. The minimum atomic E-state index is -0.845. The normalized spacial score (nSPS) is 17.9. The van der Waals surface area contributed by atoms with E-state index in [9.17, 15) is 19.2 Å². The summed E-state index contributed by atoms with van der Waals surface area (Å²) in [6.45, 7) is 5.35. The SMILES string of the molecule is CCOC(=O)c1c(NC(=O)CN2C(=O)NC3(CCCC3)C2=O)sc(CC)c1C. The molecule has 9 heteroatoms. The van der Waals surface area contributed by atoms with Gasteiger partial charge in [0.15, 0.2) is 0 Å². The summed E-state index contributed by atoms with van der Waals surface area (Å²) >= 11 is 1.31. The highest BCUT2D eigenvalue weighted by molar-refractivity contribution is 7.17. The Hall–Kier alpha value is -2.42. The molecule has 2 heterocycles. The summed E-state index contributed by atoms with van der Waals surface area (Å²) in [4.78, 5) is 51.8. The Kier molecular flexibility index (Phi) is 5.74. The second-order valence-corrected chi connectivity index (χ2v) is 8.19. The van der Waals surface area contributed by atoms with Crippen molar-refractivity contribution in [1.29, 1.82) is 0 Å². The Bertz CT molecular complexity index is 826. The van der Waals surface area contributed by atoms with Crippen LogP contribution in [-0.2, 0) is 20.7 Å². The Morgan fingerprint density at radius 1 is 1.25 bits per heavy atom. The molecule has 1 saturated carbocycles. The number of urea groups is 1. The maximum Gasteiger partial charge on any atom is 0.341 e. The number of hydrogen-bond acceptors (Lipinski definition) is 6. The van der Waals surface area contributed by atoms with Crippen LogP contribution in [0.4, 0.5) is 9.80 Å². The number of thiophene rings is 1. The lowest BCUT2D eigenvalue weighted by molar-refractivity contribution is -0.133. The highest BCUT2D eigenvalue weighted by Gasteiger charge is 2.52. The standard InChI is InChI=1S/C19H25N3O5S/c1-4-12-11(3)14(16(24)27-5-2)15(28-12)20-13(23)10-22-17(25)19(21-18(22)26)8-6-7-9-19/h4-10H2,1-3H3,(H,20,23)(H,21,26). The van der Waals surface area contributed by atoms with Crippen LogP contribution in [0.25, 0.3) is 0 Å². The Morgan fingerprint density at radius 2 is 1.93 bits per heavy atom. The summed E-state index contributed by atoms with van der Waals surface area (Å²) in [6, 6.07) is -0.538. The van der Waals surface area contributed by atoms with Crippen molar-refractivity contribution in [2.24, 2.45) is 0 Å². The molecule has 0 radical (unpaired) electrons. The van der Waals surface area contributed by atoms with Gasteiger partial charge in [-0.05, 0) is 38.7 Å². The van der Waals surface area contributed by atoms with Crippen molar-refractivity contribution >= 4 is 40.2 Å². The van der Waals surface area contributed by atoms with Crippen LogP contribution in [0.5, 0.6) is 0 Å². The van der Waals surface area contributed by atoms with Gasteiger partial charge in [-0.25, -0.2) is 9.59 Å². The number of imide groups is 1. The fraction of sp³-hybridized carbons (Fsp3) is 0.579. The van der Waals surface area contributed by atoms with E-state index in [4.69, 9.17) is 4.74 Å². The van der Waals surface area contributed by atoms with Crippen molar-refractivity contribution < 1.29 is 23.9 Å². The molecule has 8 nitrogen and oxygen atoms in total. The first-order chi connectivity index (χ1) is 13.3. The molecule has 28 heavy (non-hydrogen) atoms. The molecule has 4 amide bonds. The molecule has 0 unspecified atom stereocenters. The van der Waals surface area contributed by atoms with Crippen LogP contribution in [0.3, 0.4) is 0 Å². The summed E-state index contributed by atoms with van der Waals surface area (Å²) in [5, 5.41) is 5.84. The third kappa shape index (κ3) is 3.50. The average molecular weight is 407 g/mol. The van der Waals surface area contributed by atoms with Crippen LogP contribution in [0, 0.1) is 6.92 Å². The number of hydrogen-bond donors (Lipinski definition) is 2. The highest BCUT2D eigenvalue weighted by Crippen LogP contribution is 2.36. The fourth-order valence-corrected chi connectivity index (χ4v) is 5.03. The number of nitrogens with zero attached hydrogens (tertiary/aromatic N) is 1. The van der Waals surface area contributed by atoms with Crippen molar-refractivity contribution in [3.05, 3.63) is 16.0 Å². The quantitative estimate of drug-likeness (QED) is 0.557. The smallest absolute Gasteiger partial charge is 0.341 e. The molecule has 1 spiro atoms. The first-order valence-corrected chi connectivity index (χ1v) is 10.4. The van der Waals surface area contributed by atoms with E-state index >= 15 is 0 Å². The zero-order valence-electron chi connectivity index (χ0n) is 16.3. The largest absolute Gasteiger partial charge is 0.462 e. The van der Waals surface area contributed by atoms with Gasteiger partial charge in [-0.3, -0.25) is 14.5 Å².